The molecule has 4 nitrogen and oxygen atoms in total. The normalized spacial score (nSPS) is 14.0. The van der Waals surface area contributed by atoms with Crippen molar-refractivity contribution < 1.29 is 19.4 Å². The fraction of sp³-hybridized carbons (Fsp3) is 1.00. The van der Waals surface area contributed by atoms with Gasteiger partial charge in [0.05, 0.1) is 0 Å². The largest absolute Gasteiger partial charge is 0.460 e. The molecule has 0 radical (unpaired) electrons. The SMILES string of the molecule is C.C.OB(O)CP.PCB1OCCCO1. The number of hydrogen-bond acceptors (Lipinski definition) is 4. The van der Waals surface area contributed by atoms with E-state index in [1.165, 1.54) is 0 Å². The Morgan fingerprint density at radius 1 is 1.13 bits per heavy atom. The summed E-state index contributed by atoms with van der Waals surface area (Å²) in [6, 6.07) is 1.22. The first-order valence-electron chi connectivity index (χ1n) is 4.20. The van der Waals surface area contributed by atoms with Crippen molar-refractivity contribution in [3.63, 3.8) is 0 Å². The zero-order valence-corrected chi connectivity index (χ0v) is 9.87. The van der Waals surface area contributed by atoms with E-state index < -0.39 is 7.12 Å². The maximum atomic E-state index is 7.90. The summed E-state index contributed by atoms with van der Waals surface area (Å²) in [6.07, 6.45) is 1.04. The summed E-state index contributed by atoms with van der Waals surface area (Å²) in [5, 5.41) is 15.8. The molecular weight excluding hydrogens is 232 g/mol. The highest BCUT2D eigenvalue weighted by Gasteiger charge is 2.17. The average molecular weight is 256 g/mol. The average Bonchev–Trinajstić information content (AvgIpc) is 2.20. The minimum absolute atomic E-state index is 0. The maximum absolute atomic E-state index is 7.90. The highest BCUT2D eigenvalue weighted by molar-refractivity contribution is 7.20. The van der Waals surface area contributed by atoms with Crippen LogP contribution in [0.15, 0.2) is 0 Å². The molecule has 1 aliphatic heterocycles. The smallest absolute Gasteiger partial charge is 0.427 e. The molecular formula is C7H24B2O4P2. The van der Waals surface area contributed by atoms with E-state index in [2.05, 4.69) is 18.5 Å². The van der Waals surface area contributed by atoms with Crippen LogP contribution in [-0.2, 0) is 9.31 Å². The molecule has 0 aromatic carbocycles. The van der Waals surface area contributed by atoms with Gasteiger partial charge in [0.25, 0.3) is 0 Å². The monoisotopic (exact) mass is 256 g/mol. The van der Waals surface area contributed by atoms with E-state index in [1.54, 1.807) is 0 Å². The van der Waals surface area contributed by atoms with E-state index in [0.717, 1.165) is 25.7 Å². The molecule has 2 atom stereocenters. The highest BCUT2D eigenvalue weighted by Crippen LogP contribution is 2.02. The van der Waals surface area contributed by atoms with Gasteiger partial charge in [-0.1, -0.05) is 14.9 Å². The van der Waals surface area contributed by atoms with E-state index in [9.17, 15) is 0 Å². The third kappa shape index (κ3) is 14.8. The predicted molar refractivity (Wildman–Crippen MR) is 75.1 cm³/mol. The maximum Gasteiger partial charge on any atom is 0.460 e. The molecule has 1 fully saturated rings. The van der Waals surface area contributed by atoms with Gasteiger partial charge in [0.1, 0.15) is 0 Å². The first kappa shape index (κ1) is 21.1. The zero-order valence-electron chi connectivity index (χ0n) is 7.56. The van der Waals surface area contributed by atoms with Crippen molar-refractivity contribution in [1.29, 1.82) is 0 Å². The van der Waals surface area contributed by atoms with Gasteiger partial charge in [-0.3, -0.25) is 0 Å². The van der Waals surface area contributed by atoms with E-state index in [0.29, 0.717) is 6.06 Å². The van der Waals surface area contributed by atoms with Gasteiger partial charge in [0.2, 0.25) is 0 Å². The van der Waals surface area contributed by atoms with E-state index >= 15 is 0 Å². The second kappa shape index (κ2) is 14.8. The Kier molecular flexibility index (Phi) is 20.9. The van der Waals surface area contributed by atoms with Gasteiger partial charge in [-0.15, -0.1) is 18.5 Å². The summed E-state index contributed by atoms with van der Waals surface area (Å²) in [5.74, 6) is 0. The number of hydrogen-bond donors (Lipinski definition) is 2. The van der Waals surface area contributed by atoms with E-state index in [1.807, 2.05) is 0 Å². The van der Waals surface area contributed by atoms with Crippen LogP contribution in [0.1, 0.15) is 21.3 Å². The first-order valence-corrected chi connectivity index (χ1v) is 5.83. The molecule has 0 aromatic rings. The molecule has 1 heterocycles. The van der Waals surface area contributed by atoms with Gasteiger partial charge in [-0.05, 0) is 18.5 Å². The standard InChI is InChI=1S/C4H10BO2P.CH6BO2P.2CH4/c8-4-5-6-2-1-3-7-5;3-2(4)1-5;;/h1-4,8H2;3-4H,1,5H2;2*1H4. The molecule has 92 valence electrons. The number of rotatable bonds is 2. The molecule has 2 unspecified atom stereocenters. The third-order valence-corrected chi connectivity index (χ3v) is 2.11. The molecule has 8 heteroatoms. The molecule has 1 rings (SSSR count). The van der Waals surface area contributed by atoms with Crippen LogP contribution >= 0.6 is 18.5 Å². The van der Waals surface area contributed by atoms with Gasteiger partial charge in [-0.25, -0.2) is 0 Å². The fourth-order valence-electron chi connectivity index (χ4n) is 0.673. The summed E-state index contributed by atoms with van der Waals surface area (Å²) >= 11 is 0. The summed E-state index contributed by atoms with van der Waals surface area (Å²) < 4.78 is 10.4. The molecule has 1 saturated heterocycles. The lowest BCUT2D eigenvalue weighted by Gasteiger charge is -2.17. The van der Waals surface area contributed by atoms with Crippen LogP contribution in [0.5, 0.6) is 0 Å². The molecule has 0 aliphatic carbocycles. The lowest BCUT2D eigenvalue weighted by Crippen LogP contribution is -2.31. The lowest BCUT2D eigenvalue weighted by molar-refractivity contribution is 0.138. The Hall–Kier alpha value is 0.830. The van der Waals surface area contributed by atoms with Crippen molar-refractivity contribution in [2.24, 2.45) is 0 Å². The first-order chi connectivity index (χ1) is 6.20. The van der Waals surface area contributed by atoms with Gasteiger partial charge in [-0.2, -0.15) is 0 Å². The Labute approximate surface area is 99.2 Å². The van der Waals surface area contributed by atoms with Gasteiger partial charge in [0.15, 0.2) is 0 Å². The summed E-state index contributed by atoms with van der Waals surface area (Å²) in [5.41, 5.74) is 0. The Morgan fingerprint density at radius 2 is 1.53 bits per heavy atom. The van der Waals surface area contributed by atoms with Crippen molar-refractivity contribution in [1.82, 2.24) is 0 Å². The molecule has 0 amide bonds. The molecule has 15 heavy (non-hydrogen) atoms. The molecule has 0 bridgehead atoms. The second-order valence-electron chi connectivity index (χ2n) is 2.48. The minimum Gasteiger partial charge on any atom is -0.427 e. The summed E-state index contributed by atoms with van der Waals surface area (Å²) in [7, 11) is 3.69. The van der Waals surface area contributed by atoms with E-state index in [4.69, 9.17) is 19.4 Å². The summed E-state index contributed by atoms with van der Waals surface area (Å²) in [6.45, 7) is 1.72. The van der Waals surface area contributed by atoms with Crippen molar-refractivity contribution in [3.8, 4) is 0 Å². The second-order valence-corrected chi connectivity index (χ2v) is 3.42. The molecule has 1 aliphatic rings. The van der Waals surface area contributed by atoms with Crippen LogP contribution < -0.4 is 0 Å². The van der Waals surface area contributed by atoms with Crippen molar-refractivity contribution in [3.05, 3.63) is 0 Å². The highest BCUT2D eigenvalue weighted by atomic mass is 31.0. The Balaban J connectivity index is -0.000000185. The lowest BCUT2D eigenvalue weighted by atomic mass is 9.93. The van der Waals surface area contributed by atoms with Crippen LogP contribution in [0.2, 0.25) is 0 Å². The van der Waals surface area contributed by atoms with E-state index in [-0.39, 0.29) is 22.0 Å². The van der Waals surface area contributed by atoms with Crippen molar-refractivity contribution in [2.75, 3.05) is 25.3 Å². The predicted octanol–water partition coefficient (Wildman–Crippen LogP) is 0.471. The Morgan fingerprint density at radius 3 is 1.73 bits per heavy atom. The zero-order chi connectivity index (χ0) is 10.1. The minimum atomic E-state index is -1.15. The van der Waals surface area contributed by atoms with Crippen molar-refractivity contribution in [2.45, 2.75) is 21.3 Å². The molecule has 2 N–H and O–H groups in total. The van der Waals surface area contributed by atoms with Crippen LogP contribution in [-0.4, -0.2) is 49.6 Å². The molecule has 0 saturated carbocycles. The topological polar surface area (TPSA) is 58.9 Å². The van der Waals surface area contributed by atoms with Crippen LogP contribution in [0.4, 0.5) is 0 Å². The molecule has 0 aromatic heterocycles. The van der Waals surface area contributed by atoms with Crippen molar-refractivity contribution >= 4 is 32.7 Å². The van der Waals surface area contributed by atoms with Crippen LogP contribution in [0.3, 0.4) is 0 Å². The van der Waals surface area contributed by atoms with Gasteiger partial charge in [0, 0.05) is 13.2 Å². The van der Waals surface area contributed by atoms with Gasteiger partial charge >= 0.3 is 14.2 Å². The van der Waals surface area contributed by atoms with Gasteiger partial charge < -0.3 is 19.4 Å². The Bertz CT molecular complexity index is 115. The van der Waals surface area contributed by atoms with Crippen LogP contribution in [0, 0.1) is 0 Å². The van der Waals surface area contributed by atoms with Crippen LogP contribution in [0.25, 0.3) is 0 Å². The quantitative estimate of drug-likeness (QED) is 0.557. The third-order valence-electron chi connectivity index (χ3n) is 1.30. The molecule has 0 spiro atoms. The summed E-state index contributed by atoms with van der Waals surface area (Å²) in [4.78, 5) is 0. The fourth-order valence-corrected chi connectivity index (χ4v) is 0.945.